The molecule has 0 saturated heterocycles. The Morgan fingerprint density at radius 1 is 1.32 bits per heavy atom. The number of hydrogen-bond acceptors (Lipinski definition) is 4. The average molecular weight is 286 g/mol. The molecule has 108 valence electrons. The minimum Gasteiger partial charge on any atom is -0.388 e. The molecule has 1 aromatic carbocycles. The molecule has 0 aliphatic rings. The minimum atomic E-state index is -3.74. The second-order valence-corrected chi connectivity index (χ2v) is 7.04. The van der Waals surface area contributed by atoms with Crippen LogP contribution in [0.5, 0.6) is 0 Å². The zero-order valence-electron chi connectivity index (χ0n) is 12.0. The van der Waals surface area contributed by atoms with Gasteiger partial charge in [-0.25, -0.2) is 13.6 Å². The number of anilines is 1. The lowest BCUT2D eigenvalue weighted by molar-refractivity contribution is 0.0649. The Labute approximate surface area is 114 Å². The second-order valence-electron chi connectivity index (χ2n) is 5.48. The number of nitrogens with one attached hydrogen (secondary N) is 1. The van der Waals surface area contributed by atoms with E-state index in [0.717, 1.165) is 11.1 Å². The van der Waals surface area contributed by atoms with Crippen LogP contribution in [-0.4, -0.2) is 25.2 Å². The largest absolute Gasteiger partial charge is 0.388 e. The van der Waals surface area contributed by atoms with Crippen LogP contribution >= 0.6 is 0 Å². The van der Waals surface area contributed by atoms with Gasteiger partial charge in [-0.05, 0) is 57.9 Å². The third-order valence-electron chi connectivity index (χ3n) is 3.40. The van der Waals surface area contributed by atoms with Crippen molar-refractivity contribution in [2.24, 2.45) is 5.14 Å². The molecule has 0 heterocycles. The molecule has 1 rings (SSSR count). The zero-order valence-corrected chi connectivity index (χ0v) is 12.8. The Bertz CT molecular complexity index is 574. The first kappa shape index (κ1) is 15.9. The number of hydrogen-bond donors (Lipinski definition) is 3. The molecule has 0 aliphatic heterocycles. The Hall–Kier alpha value is -1.11. The zero-order chi connectivity index (χ0) is 15.0. The summed E-state index contributed by atoms with van der Waals surface area (Å²) in [6, 6.07) is 2.81. The van der Waals surface area contributed by atoms with E-state index >= 15 is 0 Å². The average Bonchev–Trinajstić information content (AvgIpc) is 2.21. The van der Waals surface area contributed by atoms with Crippen molar-refractivity contribution in [1.29, 1.82) is 0 Å². The Morgan fingerprint density at radius 3 is 2.26 bits per heavy atom. The molecule has 4 N–H and O–H groups in total. The molecule has 0 radical (unpaired) electrons. The topological polar surface area (TPSA) is 92.4 Å². The van der Waals surface area contributed by atoms with Crippen LogP contribution in [0.4, 0.5) is 5.69 Å². The van der Waals surface area contributed by atoms with E-state index < -0.39 is 15.6 Å². The van der Waals surface area contributed by atoms with E-state index in [1.807, 2.05) is 20.8 Å². The molecule has 5 nitrogen and oxygen atoms in total. The highest BCUT2D eigenvalue weighted by Crippen LogP contribution is 2.25. The van der Waals surface area contributed by atoms with Gasteiger partial charge in [-0.1, -0.05) is 0 Å². The lowest BCUT2D eigenvalue weighted by Gasteiger charge is -2.28. The van der Waals surface area contributed by atoms with Crippen LogP contribution in [0.15, 0.2) is 17.0 Å². The van der Waals surface area contributed by atoms with Gasteiger partial charge in [0.2, 0.25) is 10.0 Å². The molecule has 1 unspecified atom stereocenters. The van der Waals surface area contributed by atoms with E-state index in [-0.39, 0.29) is 10.9 Å². The predicted octanol–water partition coefficient (Wildman–Crippen LogP) is 1.52. The maximum absolute atomic E-state index is 11.4. The Balaban J connectivity index is 3.25. The highest BCUT2D eigenvalue weighted by molar-refractivity contribution is 7.89. The van der Waals surface area contributed by atoms with Gasteiger partial charge >= 0.3 is 0 Å². The second kappa shape index (κ2) is 5.11. The van der Waals surface area contributed by atoms with E-state index in [9.17, 15) is 13.5 Å². The van der Waals surface area contributed by atoms with Gasteiger partial charge in [-0.2, -0.15) is 0 Å². The maximum Gasteiger partial charge on any atom is 0.238 e. The molecule has 0 saturated carbocycles. The van der Waals surface area contributed by atoms with Gasteiger partial charge < -0.3 is 10.4 Å². The number of nitrogens with two attached hydrogens (primary N) is 1. The number of aryl methyl sites for hydroxylation is 1. The summed E-state index contributed by atoms with van der Waals surface area (Å²) in [7, 11) is -3.74. The summed E-state index contributed by atoms with van der Waals surface area (Å²) in [5, 5.41) is 18.2. The lowest BCUT2D eigenvalue weighted by atomic mass is 9.99. The summed E-state index contributed by atoms with van der Waals surface area (Å²) in [6.07, 6.45) is 0. The van der Waals surface area contributed by atoms with Crippen molar-refractivity contribution in [3.8, 4) is 0 Å². The molecular weight excluding hydrogens is 264 g/mol. The molecule has 0 bridgehead atoms. The Morgan fingerprint density at radius 2 is 1.84 bits per heavy atom. The standard InChI is InChI=1S/C13H22N2O3S/c1-8-6-11(19(14,17)18)7-12(9(8)2)15-10(3)13(4,5)16/h6-7,10,15-16H,1-5H3,(H2,14,17,18). The fraction of sp³-hybridized carbons (Fsp3) is 0.538. The van der Waals surface area contributed by atoms with Crippen molar-refractivity contribution in [2.45, 2.75) is 51.2 Å². The van der Waals surface area contributed by atoms with Crippen LogP contribution in [0, 0.1) is 13.8 Å². The summed E-state index contributed by atoms with van der Waals surface area (Å²) >= 11 is 0. The minimum absolute atomic E-state index is 0.0704. The normalized spacial score (nSPS) is 14.3. The highest BCUT2D eigenvalue weighted by Gasteiger charge is 2.23. The molecule has 1 aromatic rings. The van der Waals surface area contributed by atoms with Crippen molar-refractivity contribution < 1.29 is 13.5 Å². The number of benzene rings is 1. The van der Waals surface area contributed by atoms with E-state index in [4.69, 9.17) is 5.14 Å². The van der Waals surface area contributed by atoms with Crippen molar-refractivity contribution in [1.82, 2.24) is 0 Å². The van der Waals surface area contributed by atoms with Gasteiger partial charge in [0.05, 0.1) is 16.5 Å². The van der Waals surface area contributed by atoms with Crippen LogP contribution in [0.2, 0.25) is 0 Å². The van der Waals surface area contributed by atoms with E-state index in [1.54, 1.807) is 19.9 Å². The van der Waals surface area contributed by atoms with Crippen LogP contribution in [0.3, 0.4) is 0 Å². The molecule has 1 atom stereocenters. The fourth-order valence-electron chi connectivity index (χ4n) is 1.55. The van der Waals surface area contributed by atoms with E-state index in [2.05, 4.69) is 5.32 Å². The number of rotatable bonds is 4. The van der Waals surface area contributed by atoms with Crippen LogP contribution in [0.25, 0.3) is 0 Å². The summed E-state index contributed by atoms with van der Waals surface area (Å²) in [4.78, 5) is 0.0704. The SMILES string of the molecule is Cc1cc(S(N)(=O)=O)cc(NC(C)C(C)(C)O)c1C. The Kier molecular flexibility index (Phi) is 4.29. The van der Waals surface area contributed by atoms with Gasteiger partial charge in [-0.15, -0.1) is 0 Å². The van der Waals surface area contributed by atoms with Crippen molar-refractivity contribution in [3.63, 3.8) is 0 Å². The molecule has 0 fully saturated rings. The molecule has 19 heavy (non-hydrogen) atoms. The third kappa shape index (κ3) is 3.92. The summed E-state index contributed by atoms with van der Waals surface area (Å²) < 4.78 is 22.9. The predicted molar refractivity (Wildman–Crippen MR) is 76.7 cm³/mol. The maximum atomic E-state index is 11.4. The molecule has 0 aromatic heterocycles. The van der Waals surface area contributed by atoms with E-state index in [0.29, 0.717) is 5.69 Å². The van der Waals surface area contributed by atoms with Gasteiger partial charge in [0.15, 0.2) is 0 Å². The van der Waals surface area contributed by atoms with Gasteiger partial charge in [0.1, 0.15) is 0 Å². The third-order valence-corrected chi connectivity index (χ3v) is 4.29. The van der Waals surface area contributed by atoms with Gasteiger partial charge in [0, 0.05) is 5.69 Å². The summed E-state index contributed by atoms with van der Waals surface area (Å²) in [6.45, 7) is 8.93. The molecule has 0 spiro atoms. The fourth-order valence-corrected chi connectivity index (χ4v) is 2.17. The quantitative estimate of drug-likeness (QED) is 0.782. The van der Waals surface area contributed by atoms with Crippen molar-refractivity contribution in [3.05, 3.63) is 23.3 Å². The number of sulfonamides is 1. The van der Waals surface area contributed by atoms with Crippen LogP contribution in [0.1, 0.15) is 31.9 Å². The summed E-state index contributed by atoms with van der Waals surface area (Å²) in [5.74, 6) is 0. The first-order valence-corrected chi connectivity index (χ1v) is 7.60. The lowest BCUT2D eigenvalue weighted by Crippen LogP contribution is -2.39. The van der Waals surface area contributed by atoms with Crippen LogP contribution in [-0.2, 0) is 10.0 Å². The molecule has 6 heteroatoms. The van der Waals surface area contributed by atoms with Gasteiger partial charge in [-0.3, -0.25) is 0 Å². The van der Waals surface area contributed by atoms with Crippen molar-refractivity contribution in [2.75, 3.05) is 5.32 Å². The van der Waals surface area contributed by atoms with Crippen LogP contribution < -0.4 is 10.5 Å². The smallest absolute Gasteiger partial charge is 0.238 e. The van der Waals surface area contributed by atoms with Gasteiger partial charge in [0.25, 0.3) is 0 Å². The molecular formula is C13H22N2O3S. The highest BCUT2D eigenvalue weighted by atomic mass is 32.2. The number of aliphatic hydroxyl groups is 1. The number of primary sulfonamides is 1. The molecule has 0 aliphatic carbocycles. The van der Waals surface area contributed by atoms with E-state index in [1.165, 1.54) is 6.07 Å². The monoisotopic (exact) mass is 286 g/mol. The first-order valence-electron chi connectivity index (χ1n) is 6.06. The first-order chi connectivity index (χ1) is 8.43. The summed E-state index contributed by atoms with van der Waals surface area (Å²) in [5.41, 5.74) is 1.51. The van der Waals surface area contributed by atoms with Crippen molar-refractivity contribution >= 4 is 15.7 Å². The molecule has 0 amide bonds.